The summed E-state index contributed by atoms with van der Waals surface area (Å²) < 4.78 is 27.9. The van der Waals surface area contributed by atoms with E-state index in [0.29, 0.717) is 31.7 Å². The fourth-order valence-corrected chi connectivity index (χ4v) is 3.74. The van der Waals surface area contributed by atoms with E-state index in [4.69, 9.17) is 0 Å². The Labute approximate surface area is 168 Å². The van der Waals surface area contributed by atoms with E-state index < -0.39 is 17.3 Å². The van der Waals surface area contributed by atoms with Gasteiger partial charge in [0.15, 0.2) is 11.2 Å². The zero-order chi connectivity index (χ0) is 20.8. The van der Waals surface area contributed by atoms with Crippen LogP contribution in [-0.4, -0.2) is 56.8 Å². The van der Waals surface area contributed by atoms with E-state index in [1.807, 2.05) is 0 Å². The molecule has 0 bridgehead atoms. The maximum absolute atomic E-state index is 13.5. The molecule has 4 aromatic rings. The first-order valence-electron chi connectivity index (χ1n) is 9.38. The van der Waals surface area contributed by atoms with Gasteiger partial charge < -0.3 is 14.8 Å². The van der Waals surface area contributed by atoms with Crippen molar-refractivity contribution in [3.63, 3.8) is 0 Å². The average molecular weight is 410 g/mol. The van der Waals surface area contributed by atoms with E-state index in [-0.39, 0.29) is 22.5 Å². The van der Waals surface area contributed by atoms with E-state index in [2.05, 4.69) is 20.2 Å². The van der Waals surface area contributed by atoms with Gasteiger partial charge in [0.1, 0.15) is 11.6 Å². The molecule has 2 aromatic carbocycles. The summed E-state index contributed by atoms with van der Waals surface area (Å²) in [5.74, 6) is -1.18. The predicted octanol–water partition coefficient (Wildman–Crippen LogP) is 1.81. The van der Waals surface area contributed by atoms with Crippen LogP contribution in [0.2, 0.25) is 0 Å². The summed E-state index contributed by atoms with van der Waals surface area (Å²) in [6.45, 7) is 1.97. The van der Waals surface area contributed by atoms with E-state index in [1.165, 1.54) is 34.8 Å². The number of nitrogens with zero attached hydrogens (tertiary/aromatic N) is 5. The molecule has 1 saturated heterocycles. The van der Waals surface area contributed by atoms with Crippen molar-refractivity contribution in [3.05, 3.63) is 70.1 Å². The SMILES string of the molecule is O=C(c1nnn2c1c(=O)[nH]c1cc(F)ccc12)N1CCN(c2ccc(F)cc2)CC1. The number of aromatic nitrogens is 4. The smallest absolute Gasteiger partial charge is 0.277 e. The molecule has 0 aliphatic carbocycles. The van der Waals surface area contributed by atoms with Crippen molar-refractivity contribution < 1.29 is 13.6 Å². The van der Waals surface area contributed by atoms with Crippen molar-refractivity contribution >= 4 is 28.1 Å². The lowest BCUT2D eigenvalue weighted by Crippen LogP contribution is -2.49. The number of amides is 1. The molecule has 5 rings (SSSR count). The molecule has 1 fully saturated rings. The lowest BCUT2D eigenvalue weighted by atomic mass is 10.2. The van der Waals surface area contributed by atoms with Crippen LogP contribution in [0.1, 0.15) is 10.5 Å². The van der Waals surface area contributed by atoms with Crippen LogP contribution < -0.4 is 10.5 Å². The second-order valence-corrected chi connectivity index (χ2v) is 7.07. The predicted molar refractivity (Wildman–Crippen MR) is 106 cm³/mol. The summed E-state index contributed by atoms with van der Waals surface area (Å²) in [7, 11) is 0. The van der Waals surface area contributed by atoms with Crippen molar-refractivity contribution in [2.75, 3.05) is 31.1 Å². The van der Waals surface area contributed by atoms with Gasteiger partial charge in [0.2, 0.25) is 0 Å². The van der Waals surface area contributed by atoms with Gasteiger partial charge in [-0.3, -0.25) is 9.59 Å². The van der Waals surface area contributed by atoms with Gasteiger partial charge in [-0.15, -0.1) is 5.10 Å². The quantitative estimate of drug-likeness (QED) is 0.545. The van der Waals surface area contributed by atoms with E-state index in [1.54, 1.807) is 17.0 Å². The van der Waals surface area contributed by atoms with Crippen LogP contribution in [0.4, 0.5) is 14.5 Å². The van der Waals surface area contributed by atoms with Crippen LogP contribution in [0.15, 0.2) is 47.3 Å². The summed E-state index contributed by atoms with van der Waals surface area (Å²) in [6, 6.07) is 10.1. The molecule has 30 heavy (non-hydrogen) atoms. The number of hydrogen-bond acceptors (Lipinski definition) is 5. The third kappa shape index (κ3) is 2.97. The first kappa shape index (κ1) is 18.2. The third-order valence-corrected chi connectivity index (χ3v) is 5.28. The van der Waals surface area contributed by atoms with Gasteiger partial charge in [-0.05, 0) is 42.5 Å². The Morgan fingerprint density at radius 2 is 1.67 bits per heavy atom. The number of rotatable bonds is 2. The topological polar surface area (TPSA) is 86.6 Å². The number of carbonyl (C=O) groups excluding carboxylic acids is 1. The number of nitrogens with one attached hydrogen (secondary N) is 1. The molecule has 1 N–H and O–H groups in total. The number of hydrogen-bond donors (Lipinski definition) is 1. The molecular formula is C20H16F2N6O2. The molecule has 0 saturated carbocycles. The summed E-state index contributed by atoms with van der Waals surface area (Å²) >= 11 is 0. The fourth-order valence-electron chi connectivity index (χ4n) is 3.74. The molecule has 1 aliphatic heterocycles. The van der Waals surface area contributed by atoms with Crippen LogP contribution in [0.25, 0.3) is 16.6 Å². The molecule has 8 nitrogen and oxygen atoms in total. The van der Waals surface area contributed by atoms with Gasteiger partial charge in [-0.1, -0.05) is 5.21 Å². The van der Waals surface area contributed by atoms with Crippen LogP contribution in [0.3, 0.4) is 0 Å². The van der Waals surface area contributed by atoms with Gasteiger partial charge >= 0.3 is 0 Å². The van der Waals surface area contributed by atoms with Gasteiger partial charge in [0, 0.05) is 31.9 Å². The number of fused-ring (bicyclic) bond motifs is 3. The second kappa shape index (κ2) is 6.90. The number of carbonyl (C=O) groups is 1. The molecule has 10 heteroatoms. The van der Waals surface area contributed by atoms with Crippen LogP contribution in [0, 0.1) is 11.6 Å². The number of aromatic amines is 1. The highest BCUT2D eigenvalue weighted by Crippen LogP contribution is 2.19. The van der Waals surface area contributed by atoms with Crippen molar-refractivity contribution in [3.8, 4) is 0 Å². The summed E-state index contributed by atoms with van der Waals surface area (Å²) in [4.78, 5) is 31.8. The monoisotopic (exact) mass is 410 g/mol. The standard InChI is InChI=1S/C20H16F2N6O2/c21-12-1-4-14(5-2-12)26-7-9-27(10-8-26)20(30)17-18-19(29)23-15-11-13(22)3-6-16(15)28(18)25-24-17/h1-6,11H,7-10H2,(H,23,29). The number of piperazine rings is 1. The highest BCUT2D eigenvalue weighted by Gasteiger charge is 2.27. The highest BCUT2D eigenvalue weighted by atomic mass is 19.1. The minimum absolute atomic E-state index is 0.0278. The maximum Gasteiger partial charge on any atom is 0.277 e. The third-order valence-electron chi connectivity index (χ3n) is 5.28. The van der Waals surface area contributed by atoms with Gasteiger partial charge in [0.25, 0.3) is 11.5 Å². The largest absolute Gasteiger partial charge is 0.368 e. The van der Waals surface area contributed by atoms with Gasteiger partial charge in [-0.25, -0.2) is 13.3 Å². The second-order valence-electron chi connectivity index (χ2n) is 7.07. The molecule has 152 valence electrons. The zero-order valence-electron chi connectivity index (χ0n) is 15.7. The van der Waals surface area contributed by atoms with Crippen molar-refractivity contribution in [2.45, 2.75) is 0 Å². The molecule has 3 heterocycles. The summed E-state index contributed by atoms with van der Waals surface area (Å²) in [6.07, 6.45) is 0. The zero-order valence-corrected chi connectivity index (χ0v) is 15.7. The number of benzene rings is 2. The normalized spacial score (nSPS) is 14.6. The Kier molecular flexibility index (Phi) is 4.19. The number of halogens is 2. The van der Waals surface area contributed by atoms with E-state index in [9.17, 15) is 18.4 Å². The lowest BCUT2D eigenvalue weighted by molar-refractivity contribution is 0.0742. The number of anilines is 1. The first-order valence-corrected chi connectivity index (χ1v) is 9.38. The van der Waals surface area contributed by atoms with Crippen molar-refractivity contribution in [1.82, 2.24) is 24.7 Å². The molecule has 2 aromatic heterocycles. The molecule has 0 spiro atoms. The Morgan fingerprint density at radius 1 is 0.967 bits per heavy atom. The van der Waals surface area contributed by atoms with E-state index >= 15 is 0 Å². The lowest BCUT2D eigenvalue weighted by Gasteiger charge is -2.35. The van der Waals surface area contributed by atoms with Crippen LogP contribution >= 0.6 is 0 Å². The Morgan fingerprint density at radius 3 is 2.40 bits per heavy atom. The van der Waals surface area contributed by atoms with Crippen LogP contribution in [0.5, 0.6) is 0 Å². The average Bonchev–Trinajstić information content (AvgIpc) is 3.20. The first-order chi connectivity index (χ1) is 14.5. The van der Waals surface area contributed by atoms with Crippen molar-refractivity contribution in [2.24, 2.45) is 0 Å². The molecular weight excluding hydrogens is 394 g/mol. The molecule has 0 atom stereocenters. The fraction of sp³-hybridized carbons (Fsp3) is 0.200. The molecule has 0 radical (unpaired) electrons. The molecule has 1 aliphatic rings. The van der Waals surface area contributed by atoms with Gasteiger partial charge in [0.05, 0.1) is 11.0 Å². The Balaban J connectivity index is 1.42. The van der Waals surface area contributed by atoms with Crippen LogP contribution in [-0.2, 0) is 0 Å². The highest BCUT2D eigenvalue weighted by molar-refractivity contribution is 5.99. The molecule has 1 amide bonds. The number of H-pyrrole nitrogens is 1. The Bertz CT molecular complexity index is 1320. The van der Waals surface area contributed by atoms with Gasteiger partial charge in [-0.2, -0.15) is 0 Å². The Hall–Kier alpha value is -3.82. The van der Waals surface area contributed by atoms with Crippen molar-refractivity contribution in [1.29, 1.82) is 0 Å². The summed E-state index contributed by atoms with van der Waals surface area (Å²) in [5.41, 5.74) is 1.01. The minimum atomic E-state index is -0.564. The minimum Gasteiger partial charge on any atom is -0.368 e. The summed E-state index contributed by atoms with van der Waals surface area (Å²) in [5, 5.41) is 7.90. The molecule has 0 unspecified atom stereocenters. The maximum atomic E-state index is 13.5. The van der Waals surface area contributed by atoms with E-state index in [0.717, 1.165) is 5.69 Å².